The number of carbonyl (C=O) groups excluding carboxylic acids is 2. The fourth-order valence-corrected chi connectivity index (χ4v) is 6.92. The zero-order valence-electron chi connectivity index (χ0n) is 23.7. The number of carboxylic acid groups (broad SMARTS) is 1. The van der Waals surface area contributed by atoms with Gasteiger partial charge in [0.25, 0.3) is 0 Å². The number of rotatable bonds is 8. The van der Waals surface area contributed by atoms with Gasteiger partial charge in [0.2, 0.25) is 5.91 Å². The lowest BCUT2D eigenvalue weighted by Gasteiger charge is -2.38. The summed E-state index contributed by atoms with van der Waals surface area (Å²) in [7, 11) is 0. The Morgan fingerprint density at radius 1 is 0.786 bits per heavy atom. The molecule has 2 fully saturated rings. The standard InChI is InChI=1S/C34H37N3O5/c38-30(35-33(31(39)40)17-9-2-10-18-33)34(19-20-37(23-34)21-24-11-3-1-4-12-24)36-32(41)42-22-29-27-15-7-5-13-25(27)26-14-6-8-16-28(26)29/h1,3-8,11-16,29H,2,9-10,17-23H2,(H,35,38)(H,36,41)(H,39,40). The number of hydrogen-bond donors (Lipinski definition) is 3. The monoisotopic (exact) mass is 567 g/mol. The molecular weight excluding hydrogens is 530 g/mol. The van der Waals surface area contributed by atoms with Crippen molar-refractivity contribution in [1.82, 2.24) is 15.5 Å². The van der Waals surface area contributed by atoms with Crippen molar-refractivity contribution in [2.24, 2.45) is 0 Å². The largest absolute Gasteiger partial charge is 0.480 e. The van der Waals surface area contributed by atoms with Gasteiger partial charge in [0, 0.05) is 25.6 Å². The minimum Gasteiger partial charge on any atom is -0.480 e. The fourth-order valence-electron chi connectivity index (χ4n) is 6.92. The summed E-state index contributed by atoms with van der Waals surface area (Å²) in [4.78, 5) is 41.9. The molecule has 8 heteroatoms. The Hall–Kier alpha value is -4.17. The third kappa shape index (κ3) is 5.39. The molecule has 3 N–H and O–H groups in total. The highest BCUT2D eigenvalue weighted by atomic mass is 16.5. The highest BCUT2D eigenvalue weighted by Gasteiger charge is 2.51. The number of carboxylic acids is 1. The molecule has 0 spiro atoms. The molecule has 6 rings (SSSR count). The Balaban J connectivity index is 1.20. The smallest absolute Gasteiger partial charge is 0.408 e. The van der Waals surface area contributed by atoms with Gasteiger partial charge in [0.15, 0.2) is 0 Å². The second kappa shape index (κ2) is 11.6. The number of ether oxygens (including phenoxy) is 1. The predicted molar refractivity (Wildman–Crippen MR) is 159 cm³/mol. The van der Waals surface area contributed by atoms with Crippen molar-refractivity contribution < 1.29 is 24.2 Å². The van der Waals surface area contributed by atoms with E-state index in [1.54, 1.807) is 0 Å². The Morgan fingerprint density at radius 2 is 1.40 bits per heavy atom. The number of aliphatic carboxylic acids is 1. The van der Waals surface area contributed by atoms with Gasteiger partial charge in [-0.2, -0.15) is 0 Å². The molecule has 2 amide bonds. The first-order valence-electron chi connectivity index (χ1n) is 14.8. The van der Waals surface area contributed by atoms with Crippen molar-refractivity contribution in [2.45, 2.75) is 62.1 Å². The highest BCUT2D eigenvalue weighted by molar-refractivity contribution is 5.95. The molecule has 42 heavy (non-hydrogen) atoms. The number of hydrogen-bond acceptors (Lipinski definition) is 5. The Bertz CT molecular complexity index is 1420. The number of nitrogens with one attached hydrogen (secondary N) is 2. The van der Waals surface area contributed by atoms with Crippen LogP contribution in [0.5, 0.6) is 0 Å². The van der Waals surface area contributed by atoms with Crippen LogP contribution >= 0.6 is 0 Å². The van der Waals surface area contributed by atoms with Crippen molar-refractivity contribution >= 4 is 18.0 Å². The predicted octanol–water partition coefficient (Wildman–Crippen LogP) is 5.07. The van der Waals surface area contributed by atoms with Gasteiger partial charge in [-0.15, -0.1) is 0 Å². The zero-order valence-corrected chi connectivity index (χ0v) is 23.7. The number of benzene rings is 3. The summed E-state index contributed by atoms with van der Waals surface area (Å²) >= 11 is 0. The van der Waals surface area contributed by atoms with E-state index < -0.39 is 29.0 Å². The van der Waals surface area contributed by atoms with Gasteiger partial charge in [-0.25, -0.2) is 9.59 Å². The molecule has 1 aliphatic heterocycles. The van der Waals surface area contributed by atoms with Crippen LogP contribution in [0.25, 0.3) is 11.1 Å². The maximum Gasteiger partial charge on any atom is 0.408 e. The molecule has 3 aliphatic rings. The first-order chi connectivity index (χ1) is 20.4. The quantitative estimate of drug-likeness (QED) is 0.351. The van der Waals surface area contributed by atoms with Gasteiger partial charge in [-0.05, 0) is 47.1 Å². The molecule has 1 atom stereocenters. The summed E-state index contributed by atoms with van der Waals surface area (Å²) in [6.07, 6.45) is 2.84. The second-order valence-corrected chi connectivity index (χ2v) is 11.9. The SMILES string of the molecule is O=C(NC1(C(=O)NC2(C(=O)O)CCCCC2)CCN(Cc2ccccc2)C1)OCC1c2ccccc2-c2ccccc21. The third-order valence-electron chi connectivity index (χ3n) is 9.19. The van der Waals surface area contributed by atoms with E-state index in [4.69, 9.17) is 4.74 Å². The van der Waals surface area contributed by atoms with E-state index in [9.17, 15) is 19.5 Å². The van der Waals surface area contributed by atoms with E-state index in [0.29, 0.717) is 32.4 Å². The van der Waals surface area contributed by atoms with E-state index in [1.165, 1.54) is 0 Å². The molecule has 1 saturated carbocycles. The minimum absolute atomic E-state index is 0.108. The maximum atomic E-state index is 14.0. The number of likely N-dealkylation sites (tertiary alicyclic amines) is 1. The zero-order chi connectivity index (χ0) is 29.2. The summed E-state index contributed by atoms with van der Waals surface area (Å²) < 4.78 is 5.83. The lowest BCUT2D eigenvalue weighted by Crippen LogP contribution is -2.66. The van der Waals surface area contributed by atoms with Gasteiger partial charge in [-0.1, -0.05) is 98.1 Å². The molecule has 0 aromatic heterocycles. The van der Waals surface area contributed by atoms with E-state index in [1.807, 2.05) is 54.6 Å². The summed E-state index contributed by atoms with van der Waals surface area (Å²) in [5, 5.41) is 15.9. The molecule has 1 heterocycles. The molecule has 0 bridgehead atoms. The Morgan fingerprint density at radius 3 is 2.05 bits per heavy atom. The van der Waals surface area contributed by atoms with Crippen molar-refractivity contribution in [3.63, 3.8) is 0 Å². The van der Waals surface area contributed by atoms with Crippen molar-refractivity contribution in [1.29, 1.82) is 0 Å². The van der Waals surface area contributed by atoms with Gasteiger partial charge in [0.05, 0.1) is 0 Å². The van der Waals surface area contributed by atoms with Crippen LogP contribution in [0, 0.1) is 0 Å². The van der Waals surface area contributed by atoms with Gasteiger partial charge < -0.3 is 20.5 Å². The van der Waals surface area contributed by atoms with Gasteiger partial charge >= 0.3 is 12.1 Å². The van der Waals surface area contributed by atoms with E-state index in [-0.39, 0.29) is 19.1 Å². The van der Waals surface area contributed by atoms with Gasteiger partial charge in [-0.3, -0.25) is 9.69 Å². The topological polar surface area (TPSA) is 108 Å². The van der Waals surface area contributed by atoms with Crippen LogP contribution in [0.3, 0.4) is 0 Å². The number of nitrogens with zero attached hydrogens (tertiary/aromatic N) is 1. The van der Waals surface area contributed by atoms with E-state index >= 15 is 0 Å². The van der Waals surface area contributed by atoms with Crippen LogP contribution in [0.1, 0.15) is 61.1 Å². The Labute approximate surface area is 246 Å². The number of fused-ring (bicyclic) bond motifs is 3. The van der Waals surface area contributed by atoms with Crippen LogP contribution in [-0.2, 0) is 20.9 Å². The third-order valence-corrected chi connectivity index (χ3v) is 9.19. The summed E-state index contributed by atoms with van der Waals surface area (Å²) in [5.74, 6) is -1.59. The van der Waals surface area contributed by atoms with E-state index in [2.05, 4.69) is 39.8 Å². The first-order valence-corrected chi connectivity index (χ1v) is 14.8. The number of amides is 2. The first kappa shape index (κ1) is 28.0. The van der Waals surface area contributed by atoms with Crippen LogP contribution in [0.15, 0.2) is 78.9 Å². The van der Waals surface area contributed by atoms with Crippen molar-refractivity contribution in [2.75, 3.05) is 19.7 Å². The molecule has 218 valence electrons. The van der Waals surface area contributed by atoms with Crippen LogP contribution in [0.4, 0.5) is 4.79 Å². The highest BCUT2D eigenvalue weighted by Crippen LogP contribution is 2.44. The Kier molecular flexibility index (Phi) is 7.73. The molecule has 8 nitrogen and oxygen atoms in total. The van der Waals surface area contributed by atoms with Crippen LogP contribution in [0.2, 0.25) is 0 Å². The van der Waals surface area contributed by atoms with Crippen molar-refractivity contribution in [3.05, 3.63) is 95.6 Å². The number of carbonyl (C=O) groups is 3. The number of alkyl carbamates (subject to hydrolysis) is 1. The molecule has 2 aliphatic carbocycles. The fraction of sp³-hybridized carbons (Fsp3) is 0.382. The van der Waals surface area contributed by atoms with Gasteiger partial charge in [0.1, 0.15) is 17.7 Å². The molecular formula is C34H37N3O5. The summed E-state index contributed by atoms with van der Waals surface area (Å²) in [6.45, 7) is 1.58. The van der Waals surface area contributed by atoms with Crippen molar-refractivity contribution in [3.8, 4) is 11.1 Å². The van der Waals surface area contributed by atoms with E-state index in [0.717, 1.165) is 47.1 Å². The summed E-state index contributed by atoms with van der Waals surface area (Å²) in [5.41, 5.74) is 2.96. The molecule has 3 aromatic rings. The second-order valence-electron chi connectivity index (χ2n) is 11.9. The lowest BCUT2D eigenvalue weighted by molar-refractivity contribution is -0.150. The lowest BCUT2D eigenvalue weighted by atomic mass is 9.80. The summed E-state index contributed by atoms with van der Waals surface area (Å²) in [6, 6.07) is 26.2. The molecule has 0 radical (unpaired) electrons. The molecule has 3 aromatic carbocycles. The van der Waals surface area contributed by atoms with Crippen LogP contribution < -0.4 is 10.6 Å². The normalized spacial score (nSPS) is 21.2. The average molecular weight is 568 g/mol. The minimum atomic E-state index is -1.32. The maximum absolute atomic E-state index is 14.0. The molecule has 1 unspecified atom stereocenters. The average Bonchev–Trinajstić information content (AvgIpc) is 3.56. The van der Waals surface area contributed by atoms with Crippen LogP contribution in [-0.4, -0.2) is 58.8 Å². The molecule has 1 saturated heterocycles.